The molecule has 2 N–H and O–H groups in total. The van der Waals surface area contributed by atoms with E-state index in [0.29, 0.717) is 11.6 Å². The number of nitrogens with zero attached hydrogens (tertiary/aromatic N) is 7. The van der Waals surface area contributed by atoms with Crippen LogP contribution in [0, 0.1) is 26.6 Å². The number of aromatic amines is 1. The molecule has 0 fully saturated rings. The number of hydrogen-bond donors (Lipinski definition) is 2. The van der Waals surface area contributed by atoms with Gasteiger partial charge >= 0.3 is 0 Å². The molecule has 5 rings (SSSR count). The first-order valence-corrected chi connectivity index (χ1v) is 12.4. The van der Waals surface area contributed by atoms with Crippen LogP contribution in [0.5, 0.6) is 11.6 Å². The van der Waals surface area contributed by atoms with Crippen molar-refractivity contribution in [3.05, 3.63) is 77.4 Å². The monoisotopic (exact) mass is 521 g/mol. The van der Waals surface area contributed by atoms with E-state index in [-0.39, 0.29) is 27.9 Å². The highest BCUT2D eigenvalue weighted by atomic mass is 32.2. The fourth-order valence-electron chi connectivity index (χ4n) is 3.47. The van der Waals surface area contributed by atoms with E-state index in [9.17, 15) is 12.8 Å². The van der Waals surface area contributed by atoms with Crippen LogP contribution in [0.2, 0.25) is 0 Å². The van der Waals surface area contributed by atoms with E-state index in [1.807, 2.05) is 20.8 Å². The van der Waals surface area contributed by atoms with Crippen LogP contribution in [0.15, 0.2) is 59.5 Å². The van der Waals surface area contributed by atoms with E-state index < -0.39 is 15.8 Å². The van der Waals surface area contributed by atoms with Gasteiger partial charge in [-0.25, -0.2) is 17.5 Å². The number of hydrogen-bond acceptors (Lipinski definition) is 9. The van der Waals surface area contributed by atoms with E-state index in [1.165, 1.54) is 12.1 Å². The minimum absolute atomic E-state index is 0.0582. The Kier molecular flexibility index (Phi) is 6.09. The zero-order chi connectivity index (χ0) is 26.2. The highest BCUT2D eigenvalue weighted by Crippen LogP contribution is 2.26. The number of benzene rings is 2. The normalized spacial score (nSPS) is 11.5. The van der Waals surface area contributed by atoms with Crippen molar-refractivity contribution in [1.82, 2.24) is 40.6 Å². The van der Waals surface area contributed by atoms with Crippen molar-refractivity contribution in [3.8, 4) is 28.8 Å². The van der Waals surface area contributed by atoms with E-state index in [4.69, 9.17) is 4.74 Å². The molecule has 0 bridgehead atoms. The summed E-state index contributed by atoms with van der Waals surface area (Å²) in [5.41, 5.74) is 3.16. The lowest BCUT2D eigenvalue weighted by molar-refractivity contribution is 0.454. The van der Waals surface area contributed by atoms with Crippen molar-refractivity contribution in [3.63, 3.8) is 0 Å². The molecule has 3 heterocycles. The van der Waals surface area contributed by atoms with Gasteiger partial charge in [0.2, 0.25) is 11.7 Å². The Morgan fingerprint density at radius 1 is 0.973 bits per heavy atom. The second-order valence-electron chi connectivity index (χ2n) is 8.05. The Morgan fingerprint density at radius 2 is 1.76 bits per heavy atom. The van der Waals surface area contributed by atoms with Gasteiger partial charge in [-0.3, -0.25) is 4.72 Å². The molecule has 0 radical (unpaired) electrons. The molecule has 0 aliphatic carbocycles. The standard InChI is InChI=1S/C23H20FN9O3S/c1-13-14(2)29-33(15(13)3)21-10-11-22(26-25-21)36-17-6-4-16(5-7-17)30-37(34,35)18-8-9-20(24)19(12-18)23-27-31-32-28-23/h4-12,30H,1-3H3,(H,27,28,31,32). The fraction of sp³-hybridized carbons (Fsp3) is 0.130. The van der Waals surface area contributed by atoms with Crippen LogP contribution in [0.4, 0.5) is 10.1 Å². The lowest BCUT2D eigenvalue weighted by Gasteiger charge is -2.10. The zero-order valence-corrected chi connectivity index (χ0v) is 20.7. The third kappa shape index (κ3) is 4.86. The second-order valence-corrected chi connectivity index (χ2v) is 9.73. The maximum absolute atomic E-state index is 14.1. The van der Waals surface area contributed by atoms with Gasteiger partial charge in [0.25, 0.3) is 10.0 Å². The molecule has 3 aromatic heterocycles. The Bertz CT molecular complexity index is 1670. The summed E-state index contributed by atoms with van der Waals surface area (Å²) in [6.07, 6.45) is 0. The lowest BCUT2D eigenvalue weighted by atomic mass is 10.2. The predicted octanol–water partition coefficient (Wildman–Crippen LogP) is 3.50. The molecule has 37 heavy (non-hydrogen) atoms. The first kappa shape index (κ1) is 24.0. The molecule has 0 unspecified atom stereocenters. The molecule has 0 saturated carbocycles. The molecule has 0 spiro atoms. The van der Waals surface area contributed by atoms with Crippen LogP contribution in [-0.4, -0.2) is 49.0 Å². The second kappa shape index (κ2) is 9.39. The molecule has 5 aromatic rings. The summed E-state index contributed by atoms with van der Waals surface area (Å²) in [7, 11) is -4.03. The van der Waals surface area contributed by atoms with Crippen molar-refractivity contribution in [2.75, 3.05) is 4.72 Å². The highest BCUT2D eigenvalue weighted by Gasteiger charge is 2.19. The molecule has 14 heteroatoms. The summed E-state index contributed by atoms with van der Waals surface area (Å²) >= 11 is 0. The van der Waals surface area contributed by atoms with Crippen molar-refractivity contribution >= 4 is 15.7 Å². The van der Waals surface area contributed by atoms with Crippen LogP contribution < -0.4 is 9.46 Å². The maximum Gasteiger partial charge on any atom is 0.261 e. The summed E-state index contributed by atoms with van der Waals surface area (Å²) in [5.74, 6) is 0.512. The van der Waals surface area contributed by atoms with Gasteiger partial charge < -0.3 is 4.74 Å². The molecule has 0 saturated heterocycles. The van der Waals surface area contributed by atoms with Gasteiger partial charge in [0.05, 0.1) is 16.2 Å². The molecule has 0 aliphatic heterocycles. The van der Waals surface area contributed by atoms with Gasteiger partial charge in [-0.15, -0.1) is 20.4 Å². The number of rotatable bonds is 7. The third-order valence-corrected chi connectivity index (χ3v) is 7.04. The quantitative estimate of drug-likeness (QED) is 0.327. The van der Waals surface area contributed by atoms with Crippen LogP contribution in [0.1, 0.15) is 17.0 Å². The number of ether oxygens (including phenoxy) is 1. The number of halogens is 1. The van der Waals surface area contributed by atoms with Gasteiger partial charge in [-0.1, -0.05) is 0 Å². The Hall–Kier alpha value is -4.72. The number of aromatic nitrogens is 8. The van der Waals surface area contributed by atoms with Gasteiger partial charge in [-0.05, 0) is 80.1 Å². The van der Waals surface area contributed by atoms with E-state index in [2.05, 4.69) is 40.6 Å². The van der Waals surface area contributed by atoms with Crippen LogP contribution >= 0.6 is 0 Å². The largest absolute Gasteiger partial charge is 0.438 e. The predicted molar refractivity (Wildman–Crippen MR) is 130 cm³/mol. The average Bonchev–Trinajstić information content (AvgIpc) is 3.51. The summed E-state index contributed by atoms with van der Waals surface area (Å²) in [6.45, 7) is 5.89. The van der Waals surface area contributed by atoms with Crippen molar-refractivity contribution in [1.29, 1.82) is 0 Å². The van der Waals surface area contributed by atoms with Gasteiger partial charge in [0.15, 0.2) is 5.82 Å². The number of H-pyrrole nitrogens is 1. The van der Waals surface area contributed by atoms with E-state index in [1.54, 1.807) is 28.9 Å². The van der Waals surface area contributed by atoms with Gasteiger partial charge in [0, 0.05) is 17.4 Å². The molecular formula is C23H20FN9O3S. The van der Waals surface area contributed by atoms with Crippen molar-refractivity contribution < 1.29 is 17.5 Å². The van der Waals surface area contributed by atoms with Crippen LogP contribution in [0.3, 0.4) is 0 Å². The summed E-state index contributed by atoms with van der Waals surface area (Å²) in [6, 6.07) is 12.9. The Balaban J connectivity index is 1.28. The zero-order valence-electron chi connectivity index (χ0n) is 19.8. The highest BCUT2D eigenvalue weighted by molar-refractivity contribution is 7.92. The molecule has 0 atom stereocenters. The molecule has 188 valence electrons. The molecular weight excluding hydrogens is 501 g/mol. The lowest BCUT2D eigenvalue weighted by Crippen LogP contribution is -2.13. The Labute approximate surface area is 210 Å². The maximum atomic E-state index is 14.1. The first-order valence-electron chi connectivity index (χ1n) is 10.9. The summed E-state index contributed by atoms with van der Waals surface area (Å²) in [4.78, 5) is -0.165. The third-order valence-electron chi connectivity index (χ3n) is 5.66. The van der Waals surface area contributed by atoms with Crippen LogP contribution in [0.25, 0.3) is 17.2 Å². The summed E-state index contributed by atoms with van der Waals surface area (Å²) in [5, 5.41) is 25.7. The fourth-order valence-corrected chi connectivity index (χ4v) is 4.55. The number of sulfonamides is 1. The molecule has 2 aromatic carbocycles. The SMILES string of the molecule is Cc1nn(-c2ccc(Oc3ccc(NS(=O)(=O)c4ccc(F)c(-c5nn[nH]n5)c4)cc3)nn2)c(C)c1C. The first-order chi connectivity index (χ1) is 17.7. The minimum Gasteiger partial charge on any atom is -0.438 e. The minimum atomic E-state index is -4.03. The molecule has 12 nitrogen and oxygen atoms in total. The molecule has 0 amide bonds. The van der Waals surface area contributed by atoms with Gasteiger partial charge in [-0.2, -0.15) is 10.3 Å². The number of anilines is 1. The topological polar surface area (TPSA) is 153 Å². The van der Waals surface area contributed by atoms with Gasteiger partial charge in [0.1, 0.15) is 11.6 Å². The average molecular weight is 522 g/mol. The van der Waals surface area contributed by atoms with E-state index >= 15 is 0 Å². The van der Waals surface area contributed by atoms with E-state index in [0.717, 1.165) is 35.2 Å². The number of aryl methyl sites for hydroxylation is 1. The van der Waals surface area contributed by atoms with Crippen molar-refractivity contribution in [2.24, 2.45) is 0 Å². The Morgan fingerprint density at radius 3 is 2.38 bits per heavy atom. The summed E-state index contributed by atoms with van der Waals surface area (Å²) < 4.78 is 49.7. The van der Waals surface area contributed by atoms with Crippen molar-refractivity contribution in [2.45, 2.75) is 25.7 Å². The number of tetrazole rings is 1. The van der Waals surface area contributed by atoms with Crippen LogP contribution in [-0.2, 0) is 10.0 Å². The molecule has 0 aliphatic rings. The smallest absolute Gasteiger partial charge is 0.261 e. The number of nitrogens with one attached hydrogen (secondary N) is 2.